The highest BCUT2D eigenvalue weighted by molar-refractivity contribution is 5.10. The summed E-state index contributed by atoms with van der Waals surface area (Å²) in [5.41, 5.74) is 7.25. The molecule has 0 saturated carbocycles. The number of hydrogen-bond acceptors (Lipinski definition) is 3. The molecule has 0 aliphatic rings. The van der Waals surface area contributed by atoms with Crippen LogP contribution in [0.25, 0.3) is 0 Å². The second kappa shape index (κ2) is 4.53. The molecule has 1 atom stereocenters. The smallest absolute Gasteiger partial charge is 0.120 e. The summed E-state index contributed by atoms with van der Waals surface area (Å²) in [6, 6.07) is 3.86. The van der Waals surface area contributed by atoms with E-state index < -0.39 is 0 Å². The molecule has 0 aliphatic heterocycles. The number of rotatable bonds is 4. The standard InChI is InChI=1S/C12H17N3O/c1-9-3-6-12(16-9)11(13)5-4-10-7-14-15(2)8-10/h3,6-8,11H,4-5,13H2,1-2H3. The number of aryl methyl sites for hydroxylation is 3. The molecule has 86 valence electrons. The Balaban J connectivity index is 1.91. The fourth-order valence-corrected chi connectivity index (χ4v) is 1.72. The monoisotopic (exact) mass is 219 g/mol. The summed E-state index contributed by atoms with van der Waals surface area (Å²) in [5.74, 6) is 1.77. The van der Waals surface area contributed by atoms with Gasteiger partial charge in [-0.15, -0.1) is 0 Å². The third kappa shape index (κ3) is 2.52. The van der Waals surface area contributed by atoms with Gasteiger partial charge in [0.25, 0.3) is 0 Å². The second-order valence-electron chi connectivity index (χ2n) is 4.12. The van der Waals surface area contributed by atoms with Crippen LogP contribution in [0.15, 0.2) is 28.9 Å². The van der Waals surface area contributed by atoms with E-state index in [9.17, 15) is 0 Å². The third-order valence-electron chi connectivity index (χ3n) is 2.63. The SMILES string of the molecule is Cc1ccc(C(N)CCc2cnn(C)c2)o1. The molecule has 0 fully saturated rings. The number of aromatic nitrogens is 2. The molecule has 2 aromatic rings. The summed E-state index contributed by atoms with van der Waals surface area (Å²) in [4.78, 5) is 0. The van der Waals surface area contributed by atoms with Crippen LogP contribution >= 0.6 is 0 Å². The molecule has 1 unspecified atom stereocenters. The Morgan fingerprint density at radius 1 is 1.50 bits per heavy atom. The fourth-order valence-electron chi connectivity index (χ4n) is 1.72. The first-order valence-electron chi connectivity index (χ1n) is 5.44. The lowest BCUT2D eigenvalue weighted by atomic mass is 10.1. The molecule has 0 aliphatic carbocycles. The van der Waals surface area contributed by atoms with Crippen LogP contribution < -0.4 is 5.73 Å². The highest BCUT2D eigenvalue weighted by atomic mass is 16.3. The van der Waals surface area contributed by atoms with Crippen LogP contribution in [-0.2, 0) is 13.5 Å². The molecule has 16 heavy (non-hydrogen) atoms. The van der Waals surface area contributed by atoms with E-state index >= 15 is 0 Å². The molecule has 0 bridgehead atoms. The lowest BCUT2D eigenvalue weighted by molar-refractivity contribution is 0.434. The minimum atomic E-state index is -0.0334. The summed E-state index contributed by atoms with van der Waals surface area (Å²) >= 11 is 0. The van der Waals surface area contributed by atoms with E-state index in [1.54, 1.807) is 4.68 Å². The van der Waals surface area contributed by atoms with Crippen molar-refractivity contribution in [3.8, 4) is 0 Å². The van der Waals surface area contributed by atoms with E-state index in [0.717, 1.165) is 24.4 Å². The predicted octanol–water partition coefficient (Wildman–Crippen LogP) is 1.95. The molecule has 0 aromatic carbocycles. The third-order valence-corrected chi connectivity index (χ3v) is 2.63. The van der Waals surface area contributed by atoms with Crippen molar-refractivity contribution in [1.29, 1.82) is 0 Å². The summed E-state index contributed by atoms with van der Waals surface area (Å²) in [6.07, 6.45) is 5.69. The Bertz CT molecular complexity index is 458. The van der Waals surface area contributed by atoms with Crippen molar-refractivity contribution in [2.75, 3.05) is 0 Å². The lowest BCUT2D eigenvalue weighted by Gasteiger charge is -2.07. The largest absolute Gasteiger partial charge is 0.465 e. The van der Waals surface area contributed by atoms with Crippen LogP contribution in [0.1, 0.15) is 29.5 Å². The highest BCUT2D eigenvalue weighted by Gasteiger charge is 2.10. The fraction of sp³-hybridized carbons (Fsp3) is 0.417. The van der Waals surface area contributed by atoms with Gasteiger partial charge < -0.3 is 10.2 Å². The zero-order chi connectivity index (χ0) is 11.5. The van der Waals surface area contributed by atoms with Crippen LogP contribution in [-0.4, -0.2) is 9.78 Å². The topological polar surface area (TPSA) is 57.0 Å². The Kier molecular flexibility index (Phi) is 3.10. The summed E-state index contributed by atoms with van der Waals surface area (Å²) in [5, 5.41) is 4.12. The van der Waals surface area contributed by atoms with Gasteiger partial charge in [-0.1, -0.05) is 0 Å². The van der Waals surface area contributed by atoms with Gasteiger partial charge in [0.15, 0.2) is 0 Å². The van der Waals surface area contributed by atoms with E-state index in [0.29, 0.717) is 0 Å². The maximum Gasteiger partial charge on any atom is 0.120 e. The maximum atomic E-state index is 6.04. The van der Waals surface area contributed by atoms with Crippen LogP contribution in [0.2, 0.25) is 0 Å². The normalized spacial score (nSPS) is 12.9. The molecular weight excluding hydrogens is 202 g/mol. The highest BCUT2D eigenvalue weighted by Crippen LogP contribution is 2.18. The van der Waals surface area contributed by atoms with Crippen molar-refractivity contribution >= 4 is 0 Å². The molecule has 2 heterocycles. The van der Waals surface area contributed by atoms with Crippen LogP contribution in [0, 0.1) is 6.92 Å². The van der Waals surface area contributed by atoms with Crippen LogP contribution in [0.5, 0.6) is 0 Å². The summed E-state index contributed by atoms with van der Waals surface area (Å²) < 4.78 is 7.30. The number of hydrogen-bond donors (Lipinski definition) is 1. The van der Waals surface area contributed by atoms with Gasteiger partial charge >= 0.3 is 0 Å². The molecule has 4 heteroatoms. The van der Waals surface area contributed by atoms with E-state index in [1.165, 1.54) is 5.56 Å². The first kappa shape index (κ1) is 11.0. The molecule has 0 spiro atoms. The van der Waals surface area contributed by atoms with Gasteiger partial charge in [0.2, 0.25) is 0 Å². The van der Waals surface area contributed by atoms with Gasteiger partial charge in [-0.05, 0) is 37.5 Å². The average molecular weight is 219 g/mol. The van der Waals surface area contributed by atoms with Gasteiger partial charge in [-0.3, -0.25) is 4.68 Å². The van der Waals surface area contributed by atoms with Gasteiger partial charge in [0, 0.05) is 13.2 Å². The first-order chi connectivity index (χ1) is 7.65. The van der Waals surface area contributed by atoms with E-state index in [-0.39, 0.29) is 6.04 Å². The number of nitrogens with zero attached hydrogens (tertiary/aromatic N) is 2. The average Bonchev–Trinajstić information content (AvgIpc) is 2.84. The van der Waals surface area contributed by atoms with E-state index in [2.05, 4.69) is 5.10 Å². The molecule has 2 N–H and O–H groups in total. The van der Waals surface area contributed by atoms with Gasteiger partial charge in [-0.2, -0.15) is 5.10 Å². The number of nitrogens with two attached hydrogens (primary N) is 1. The minimum Gasteiger partial charge on any atom is -0.465 e. The van der Waals surface area contributed by atoms with Crippen molar-refractivity contribution < 1.29 is 4.42 Å². The van der Waals surface area contributed by atoms with Crippen molar-refractivity contribution in [3.05, 3.63) is 41.6 Å². The zero-order valence-corrected chi connectivity index (χ0v) is 9.68. The molecule has 4 nitrogen and oxygen atoms in total. The summed E-state index contributed by atoms with van der Waals surface area (Å²) in [6.45, 7) is 1.93. The molecule has 2 aromatic heterocycles. The van der Waals surface area contributed by atoms with Gasteiger partial charge in [0.1, 0.15) is 11.5 Å². The van der Waals surface area contributed by atoms with Crippen molar-refractivity contribution in [1.82, 2.24) is 9.78 Å². The van der Waals surface area contributed by atoms with Crippen molar-refractivity contribution in [3.63, 3.8) is 0 Å². The Morgan fingerprint density at radius 3 is 2.88 bits per heavy atom. The van der Waals surface area contributed by atoms with Crippen molar-refractivity contribution in [2.24, 2.45) is 12.8 Å². The quantitative estimate of drug-likeness (QED) is 0.855. The Hall–Kier alpha value is -1.55. The minimum absolute atomic E-state index is 0.0334. The maximum absolute atomic E-state index is 6.04. The molecule has 0 radical (unpaired) electrons. The predicted molar refractivity (Wildman–Crippen MR) is 61.9 cm³/mol. The Labute approximate surface area is 95.1 Å². The summed E-state index contributed by atoms with van der Waals surface area (Å²) in [7, 11) is 1.92. The second-order valence-corrected chi connectivity index (χ2v) is 4.12. The van der Waals surface area contributed by atoms with E-state index in [1.807, 2.05) is 38.5 Å². The van der Waals surface area contributed by atoms with Gasteiger partial charge in [-0.25, -0.2) is 0 Å². The zero-order valence-electron chi connectivity index (χ0n) is 9.68. The molecule has 2 rings (SSSR count). The number of furan rings is 1. The lowest BCUT2D eigenvalue weighted by Crippen LogP contribution is -2.10. The van der Waals surface area contributed by atoms with Crippen LogP contribution in [0.4, 0.5) is 0 Å². The Morgan fingerprint density at radius 2 is 2.31 bits per heavy atom. The van der Waals surface area contributed by atoms with E-state index in [4.69, 9.17) is 10.2 Å². The molecule has 0 amide bonds. The van der Waals surface area contributed by atoms with Crippen LogP contribution in [0.3, 0.4) is 0 Å². The van der Waals surface area contributed by atoms with Gasteiger partial charge in [0.05, 0.1) is 12.2 Å². The molecule has 0 saturated heterocycles. The first-order valence-corrected chi connectivity index (χ1v) is 5.44. The molecular formula is C12H17N3O. The van der Waals surface area contributed by atoms with Crippen molar-refractivity contribution in [2.45, 2.75) is 25.8 Å².